The third-order valence-electron chi connectivity index (χ3n) is 3.36. The Kier molecular flexibility index (Phi) is 4.65. The van der Waals surface area contributed by atoms with Gasteiger partial charge in [0.2, 0.25) is 0 Å². The second-order valence-electron chi connectivity index (χ2n) is 4.86. The Labute approximate surface area is 124 Å². The van der Waals surface area contributed by atoms with Crippen molar-refractivity contribution in [1.82, 2.24) is 5.32 Å². The first kappa shape index (κ1) is 15.0. The average Bonchev–Trinajstić information content (AvgIpc) is 2.32. The number of anilines is 1. The van der Waals surface area contributed by atoms with Gasteiger partial charge in [-0.15, -0.1) is 0 Å². The molecule has 0 radical (unpaired) electrons. The van der Waals surface area contributed by atoms with Gasteiger partial charge in [-0.25, -0.2) is 0 Å². The lowest BCUT2D eigenvalue weighted by atomic mass is 9.80. The number of hydrogen-bond donors (Lipinski definition) is 1. The van der Waals surface area contributed by atoms with E-state index in [0.29, 0.717) is 5.56 Å². The van der Waals surface area contributed by atoms with Gasteiger partial charge < -0.3 is 23.2 Å². The van der Waals surface area contributed by atoms with Crippen LogP contribution >= 0.6 is 22.6 Å². The Morgan fingerprint density at radius 3 is 2.47 bits per heavy atom. The molecule has 0 atom stereocenters. The van der Waals surface area contributed by atoms with Gasteiger partial charge in [0, 0.05) is 35.4 Å². The maximum absolute atomic E-state index is 12.7. The van der Waals surface area contributed by atoms with Crippen molar-refractivity contribution in [3.05, 3.63) is 26.8 Å². The molecule has 1 aliphatic rings. The second kappa shape index (κ2) is 5.91. The highest BCUT2D eigenvalue weighted by Crippen LogP contribution is 2.29. The van der Waals surface area contributed by atoms with Gasteiger partial charge in [-0.05, 0) is 47.2 Å². The van der Waals surface area contributed by atoms with E-state index in [1.54, 1.807) is 13.0 Å². The summed E-state index contributed by atoms with van der Waals surface area (Å²) in [6.45, 7) is 0.455. The highest BCUT2D eigenvalue weighted by Gasteiger charge is 2.25. The number of nitrogens with zero attached hydrogens (tertiary/aromatic N) is 1. The maximum Gasteiger partial charge on any atom is 0.482 e. The molecule has 0 spiro atoms. The van der Waals surface area contributed by atoms with Gasteiger partial charge in [-0.2, -0.15) is 0 Å². The van der Waals surface area contributed by atoms with Crippen LogP contribution in [-0.2, 0) is 6.32 Å². The van der Waals surface area contributed by atoms with Crippen LogP contribution in [0.4, 0.5) is 18.6 Å². The van der Waals surface area contributed by atoms with Crippen molar-refractivity contribution in [2.75, 3.05) is 31.1 Å². The highest BCUT2D eigenvalue weighted by atomic mass is 127. The molecule has 1 heterocycles. The van der Waals surface area contributed by atoms with Crippen LogP contribution < -0.4 is 10.2 Å². The fraction of sp³-hybridized carbons (Fsp3) is 0.500. The lowest BCUT2D eigenvalue weighted by molar-refractivity contribution is 0.468. The van der Waals surface area contributed by atoms with Crippen molar-refractivity contribution in [3.8, 4) is 0 Å². The van der Waals surface area contributed by atoms with Gasteiger partial charge in [0.15, 0.2) is 0 Å². The topological polar surface area (TPSA) is 15.3 Å². The van der Waals surface area contributed by atoms with E-state index in [1.807, 2.05) is 6.07 Å². The van der Waals surface area contributed by atoms with E-state index < -0.39 is 13.3 Å². The molecule has 1 fully saturated rings. The van der Waals surface area contributed by atoms with Gasteiger partial charge in [0.1, 0.15) is 0 Å². The minimum absolute atomic E-state index is 0.410. The van der Waals surface area contributed by atoms with Gasteiger partial charge in [-0.1, -0.05) is 11.9 Å². The fourth-order valence-corrected chi connectivity index (χ4v) is 3.09. The van der Waals surface area contributed by atoms with E-state index >= 15 is 0 Å². The van der Waals surface area contributed by atoms with Crippen molar-refractivity contribution >= 4 is 35.3 Å². The normalized spacial score (nSPS) is 16.8. The molecular formula is C12H16BF3IN2-. The van der Waals surface area contributed by atoms with E-state index in [4.69, 9.17) is 0 Å². The summed E-state index contributed by atoms with van der Waals surface area (Å²) >= 11 is 2.09. The molecule has 0 bridgehead atoms. The molecule has 0 aromatic heterocycles. The van der Waals surface area contributed by atoms with Crippen molar-refractivity contribution in [2.24, 2.45) is 0 Å². The molecule has 2 nitrogen and oxygen atoms in total. The molecule has 1 aliphatic heterocycles. The largest absolute Gasteiger partial charge is 0.482 e. The van der Waals surface area contributed by atoms with Crippen molar-refractivity contribution in [1.29, 1.82) is 0 Å². The number of benzene rings is 1. The van der Waals surface area contributed by atoms with E-state index in [0.717, 1.165) is 41.0 Å². The average molecular weight is 383 g/mol. The maximum atomic E-state index is 12.7. The molecule has 106 valence electrons. The number of nitrogens with one attached hydrogen (secondary N) is 1. The van der Waals surface area contributed by atoms with Gasteiger partial charge >= 0.3 is 6.98 Å². The Morgan fingerprint density at radius 2 is 1.89 bits per heavy atom. The summed E-state index contributed by atoms with van der Waals surface area (Å²) in [7, 11) is 0. The predicted molar refractivity (Wildman–Crippen MR) is 81.8 cm³/mol. The van der Waals surface area contributed by atoms with Crippen LogP contribution in [0.5, 0.6) is 0 Å². The fourth-order valence-electron chi connectivity index (χ4n) is 2.42. The van der Waals surface area contributed by atoms with Crippen molar-refractivity contribution in [3.63, 3.8) is 0 Å². The SMILES string of the molecule is Cc1c(C[B-](F)(F)F)cc(I)cc1N1CCNCC1. The van der Waals surface area contributed by atoms with Crippen LogP contribution in [0.3, 0.4) is 0 Å². The molecular weight excluding hydrogens is 367 g/mol. The summed E-state index contributed by atoms with van der Waals surface area (Å²) in [5.74, 6) is 0. The van der Waals surface area contributed by atoms with Crippen LogP contribution in [0.15, 0.2) is 12.1 Å². The minimum Gasteiger partial charge on any atom is -0.449 e. The molecule has 19 heavy (non-hydrogen) atoms. The molecule has 0 saturated carbocycles. The first-order chi connectivity index (χ1) is 8.87. The first-order valence-electron chi connectivity index (χ1n) is 6.32. The lowest BCUT2D eigenvalue weighted by Gasteiger charge is -2.32. The van der Waals surface area contributed by atoms with Crippen molar-refractivity contribution < 1.29 is 12.9 Å². The smallest absolute Gasteiger partial charge is 0.449 e. The quantitative estimate of drug-likeness (QED) is 0.638. The minimum atomic E-state index is -4.79. The van der Waals surface area contributed by atoms with Crippen LogP contribution in [0.1, 0.15) is 11.1 Å². The summed E-state index contributed by atoms with van der Waals surface area (Å²) in [6, 6.07) is 3.63. The molecule has 1 aromatic rings. The Bertz CT molecular complexity index is 459. The summed E-state index contributed by atoms with van der Waals surface area (Å²) in [4.78, 5) is 2.17. The Morgan fingerprint density at radius 1 is 1.26 bits per heavy atom. The molecule has 0 aliphatic carbocycles. The monoisotopic (exact) mass is 383 g/mol. The van der Waals surface area contributed by atoms with Crippen LogP contribution in [-0.4, -0.2) is 33.2 Å². The Balaban J connectivity index is 2.33. The molecule has 1 saturated heterocycles. The van der Waals surface area contributed by atoms with Crippen molar-refractivity contribution in [2.45, 2.75) is 13.2 Å². The Hall–Kier alpha value is -0.435. The predicted octanol–water partition coefficient (Wildman–Crippen LogP) is 2.94. The van der Waals surface area contributed by atoms with E-state index in [9.17, 15) is 12.9 Å². The van der Waals surface area contributed by atoms with E-state index in [-0.39, 0.29) is 0 Å². The number of rotatable bonds is 3. The standard InChI is InChI=1S/C12H16BF3IN2/c1-9-10(8-13(14,15)16)6-11(17)7-12(9)19-4-2-18-3-5-19/h6-7,18H,2-5,8H2,1H3/q-1. The second-order valence-corrected chi connectivity index (χ2v) is 6.11. The number of hydrogen-bond acceptors (Lipinski definition) is 2. The zero-order valence-electron chi connectivity index (χ0n) is 10.7. The highest BCUT2D eigenvalue weighted by molar-refractivity contribution is 14.1. The lowest BCUT2D eigenvalue weighted by Crippen LogP contribution is -2.44. The molecule has 0 unspecified atom stereocenters. The van der Waals surface area contributed by atoms with Crippen LogP contribution in [0.2, 0.25) is 0 Å². The van der Waals surface area contributed by atoms with Gasteiger partial charge in [-0.3, -0.25) is 0 Å². The molecule has 2 rings (SSSR count). The summed E-state index contributed by atoms with van der Waals surface area (Å²) in [6.07, 6.45) is -0.790. The molecule has 0 amide bonds. The van der Waals surface area contributed by atoms with E-state index in [2.05, 4.69) is 32.8 Å². The number of piperazine rings is 1. The summed E-state index contributed by atoms with van der Waals surface area (Å²) < 4.78 is 38.9. The van der Waals surface area contributed by atoms with Gasteiger partial charge in [0.25, 0.3) is 0 Å². The first-order valence-corrected chi connectivity index (χ1v) is 7.40. The van der Waals surface area contributed by atoms with Crippen LogP contribution in [0, 0.1) is 10.5 Å². The third kappa shape index (κ3) is 4.01. The van der Waals surface area contributed by atoms with E-state index in [1.165, 1.54) is 0 Å². The zero-order chi connectivity index (χ0) is 14.0. The molecule has 1 aromatic carbocycles. The summed E-state index contributed by atoms with van der Waals surface area (Å²) in [5, 5.41) is 3.25. The van der Waals surface area contributed by atoms with Crippen LogP contribution in [0.25, 0.3) is 0 Å². The zero-order valence-corrected chi connectivity index (χ0v) is 12.9. The third-order valence-corrected chi connectivity index (χ3v) is 3.98. The molecule has 1 N–H and O–H groups in total. The summed E-state index contributed by atoms with van der Waals surface area (Å²) in [5.41, 5.74) is 2.12. The number of halogens is 4. The molecule has 7 heteroatoms. The van der Waals surface area contributed by atoms with Gasteiger partial charge in [0.05, 0.1) is 0 Å².